The summed E-state index contributed by atoms with van der Waals surface area (Å²) in [4.78, 5) is 55.3. The van der Waals surface area contributed by atoms with Gasteiger partial charge in [-0.05, 0) is 25.8 Å². The Kier molecular flexibility index (Phi) is 6.55. The van der Waals surface area contributed by atoms with Gasteiger partial charge in [0.2, 0.25) is 18.0 Å². The highest BCUT2D eigenvalue weighted by molar-refractivity contribution is 5.99. The molecule has 3 aliphatic rings. The van der Waals surface area contributed by atoms with Gasteiger partial charge in [-0.3, -0.25) is 19.3 Å². The van der Waals surface area contributed by atoms with Gasteiger partial charge in [0.05, 0.1) is 13.7 Å². The van der Waals surface area contributed by atoms with Gasteiger partial charge in [-0.25, -0.2) is 13.6 Å². The first-order valence-corrected chi connectivity index (χ1v) is 12.0. The number of hydrogen-bond donors (Lipinski definition) is 1. The van der Waals surface area contributed by atoms with Crippen LogP contribution in [0.5, 0.6) is 5.75 Å². The Morgan fingerprint density at radius 1 is 1.24 bits per heavy atom. The number of nitrogens with one attached hydrogen (secondary N) is 1. The van der Waals surface area contributed by atoms with Crippen LogP contribution in [0.1, 0.15) is 46.2 Å². The van der Waals surface area contributed by atoms with Crippen LogP contribution in [0.4, 0.5) is 13.6 Å². The van der Waals surface area contributed by atoms with Crippen LogP contribution in [0.3, 0.4) is 0 Å². The van der Waals surface area contributed by atoms with Gasteiger partial charge in [0.15, 0.2) is 5.69 Å². The Hall–Kier alpha value is -4.00. The first-order chi connectivity index (χ1) is 18.1. The number of benzene rings is 1. The number of rotatable bonds is 6. The van der Waals surface area contributed by atoms with E-state index in [0.29, 0.717) is 12.6 Å². The third-order valence-corrected chi connectivity index (χ3v) is 7.35. The fourth-order valence-corrected chi connectivity index (χ4v) is 5.51. The molecule has 0 bridgehead atoms. The molecular formula is C25H26F2N4O7. The summed E-state index contributed by atoms with van der Waals surface area (Å²) in [5.41, 5.74) is -1.50. The van der Waals surface area contributed by atoms with Crippen molar-refractivity contribution in [2.75, 3.05) is 27.0 Å². The van der Waals surface area contributed by atoms with Gasteiger partial charge in [0, 0.05) is 43.0 Å². The quantitative estimate of drug-likeness (QED) is 0.442. The predicted octanol–water partition coefficient (Wildman–Crippen LogP) is 1.83. The summed E-state index contributed by atoms with van der Waals surface area (Å²) in [6.45, 7) is 2.62. The number of carbonyl (C=O) groups is 3. The Bertz CT molecular complexity index is 1380. The van der Waals surface area contributed by atoms with Crippen LogP contribution in [0, 0.1) is 11.6 Å². The van der Waals surface area contributed by atoms with E-state index in [-0.39, 0.29) is 41.6 Å². The number of ether oxygens (including phenoxy) is 3. The van der Waals surface area contributed by atoms with Crippen molar-refractivity contribution < 1.29 is 37.4 Å². The van der Waals surface area contributed by atoms with Gasteiger partial charge in [-0.1, -0.05) is 6.07 Å². The number of halogens is 2. The normalized spacial score (nSPS) is 21.9. The maximum atomic E-state index is 14.0. The van der Waals surface area contributed by atoms with Crippen LogP contribution in [0.2, 0.25) is 0 Å². The second-order valence-corrected chi connectivity index (χ2v) is 9.69. The van der Waals surface area contributed by atoms with Crippen LogP contribution in [-0.2, 0) is 22.6 Å². The zero-order valence-electron chi connectivity index (χ0n) is 20.8. The maximum Gasteiger partial charge on any atom is 0.510 e. The number of amides is 2. The van der Waals surface area contributed by atoms with Crippen LogP contribution >= 0.6 is 0 Å². The minimum Gasteiger partial charge on any atom is -0.451 e. The van der Waals surface area contributed by atoms with E-state index in [2.05, 4.69) is 21.9 Å². The molecule has 13 heteroatoms. The smallest absolute Gasteiger partial charge is 0.451 e. The molecule has 1 N–H and O–H groups in total. The SMILES string of the molecule is COC(=O)OCOc1c2n(cc(C(=O)NCc3ccc(F)cc3F)c1=O)C[C@@H]1N(C[C@@]3(C)CCCN13)C2=O. The Morgan fingerprint density at radius 3 is 2.76 bits per heavy atom. The summed E-state index contributed by atoms with van der Waals surface area (Å²) in [5, 5.41) is 2.45. The van der Waals surface area contributed by atoms with Crippen LogP contribution in [-0.4, -0.2) is 71.0 Å². The third kappa shape index (κ3) is 4.36. The lowest BCUT2D eigenvalue weighted by atomic mass is 10.0. The second kappa shape index (κ2) is 9.71. The molecule has 1 aromatic carbocycles. The molecular weight excluding hydrogens is 506 g/mol. The molecule has 2 saturated heterocycles. The van der Waals surface area contributed by atoms with E-state index in [1.807, 2.05) is 0 Å². The lowest BCUT2D eigenvalue weighted by Gasteiger charge is -2.36. The molecule has 2 fully saturated rings. The summed E-state index contributed by atoms with van der Waals surface area (Å²) >= 11 is 0. The van der Waals surface area contributed by atoms with Crippen molar-refractivity contribution in [2.45, 2.75) is 44.6 Å². The highest BCUT2D eigenvalue weighted by Gasteiger charge is 2.54. The minimum absolute atomic E-state index is 0.0193. The molecule has 5 rings (SSSR count). The number of pyridine rings is 1. The molecule has 2 aromatic rings. The van der Waals surface area contributed by atoms with Crippen molar-refractivity contribution in [3.05, 3.63) is 63.1 Å². The maximum absolute atomic E-state index is 14.0. The Labute approximate surface area is 215 Å². The lowest BCUT2D eigenvalue weighted by Crippen LogP contribution is -2.51. The van der Waals surface area contributed by atoms with Crippen LogP contribution in [0.15, 0.2) is 29.2 Å². The number of methoxy groups -OCH3 is 1. The molecule has 0 radical (unpaired) electrons. The summed E-state index contributed by atoms with van der Waals surface area (Å²) in [6.07, 6.45) is 1.87. The number of nitrogens with zero attached hydrogens (tertiary/aromatic N) is 3. The fourth-order valence-electron chi connectivity index (χ4n) is 5.51. The molecule has 4 heterocycles. The summed E-state index contributed by atoms with van der Waals surface area (Å²) in [7, 11) is 1.10. The average molecular weight is 533 g/mol. The number of hydrogen-bond acceptors (Lipinski definition) is 8. The zero-order chi connectivity index (χ0) is 27.2. The number of fused-ring (bicyclic) bond motifs is 4. The summed E-state index contributed by atoms with van der Waals surface area (Å²) in [6, 6.07) is 2.92. The van der Waals surface area contributed by atoms with E-state index in [1.54, 1.807) is 4.90 Å². The van der Waals surface area contributed by atoms with Gasteiger partial charge in [-0.15, -0.1) is 0 Å². The van der Waals surface area contributed by atoms with Gasteiger partial charge in [0.25, 0.3) is 11.8 Å². The second-order valence-electron chi connectivity index (χ2n) is 9.69. The first kappa shape index (κ1) is 25.6. The molecule has 0 spiro atoms. The highest BCUT2D eigenvalue weighted by atomic mass is 19.1. The molecule has 2 amide bonds. The van der Waals surface area contributed by atoms with E-state index in [1.165, 1.54) is 16.8 Å². The topological polar surface area (TPSA) is 119 Å². The monoisotopic (exact) mass is 532 g/mol. The van der Waals surface area contributed by atoms with E-state index in [4.69, 9.17) is 9.47 Å². The van der Waals surface area contributed by atoms with E-state index >= 15 is 0 Å². The zero-order valence-corrected chi connectivity index (χ0v) is 20.8. The summed E-state index contributed by atoms with van der Waals surface area (Å²) < 4.78 is 43.3. The molecule has 38 heavy (non-hydrogen) atoms. The van der Waals surface area contributed by atoms with Gasteiger partial charge >= 0.3 is 6.16 Å². The summed E-state index contributed by atoms with van der Waals surface area (Å²) in [5.74, 6) is -3.35. The van der Waals surface area contributed by atoms with Crippen molar-refractivity contribution in [3.8, 4) is 5.75 Å². The standard InChI is InChI=1S/C25H26F2N4O7/c1-25-6-3-7-31(25)18-11-29-10-16(22(33)28-9-14-4-5-15(26)8-17(14)27)20(32)21(37-13-38-24(35)36-2)19(29)23(34)30(18)12-25/h4-5,8,10,18H,3,6-7,9,11-13H2,1-2H3,(H,28,33)/t18-,25-/m1/s1. The van der Waals surface area contributed by atoms with Gasteiger partial charge < -0.3 is 29.0 Å². The molecule has 202 valence electrons. The minimum atomic E-state index is -1.06. The molecule has 3 aliphatic heterocycles. The van der Waals surface area contributed by atoms with Crippen molar-refractivity contribution in [1.82, 2.24) is 19.7 Å². The van der Waals surface area contributed by atoms with E-state index < -0.39 is 47.6 Å². The third-order valence-electron chi connectivity index (χ3n) is 7.35. The molecule has 0 unspecified atom stereocenters. The van der Waals surface area contributed by atoms with Crippen molar-refractivity contribution in [2.24, 2.45) is 0 Å². The molecule has 2 atom stereocenters. The highest BCUT2D eigenvalue weighted by Crippen LogP contribution is 2.42. The van der Waals surface area contributed by atoms with Crippen molar-refractivity contribution in [3.63, 3.8) is 0 Å². The fraction of sp³-hybridized carbons (Fsp3) is 0.440. The molecule has 0 saturated carbocycles. The molecule has 11 nitrogen and oxygen atoms in total. The van der Waals surface area contributed by atoms with Gasteiger partial charge in [0.1, 0.15) is 23.4 Å². The average Bonchev–Trinajstić information content (AvgIpc) is 3.39. The predicted molar refractivity (Wildman–Crippen MR) is 126 cm³/mol. The van der Waals surface area contributed by atoms with Crippen LogP contribution < -0.4 is 15.5 Å². The lowest BCUT2D eigenvalue weighted by molar-refractivity contribution is 0.0127. The Balaban J connectivity index is 1.48. The van der Waals surface area contributed by atoms with E-state index in [0.717, 1.165) is 32.6 Å². The first-order valence-electron chi connectivity index (χ1n) is 12.0. The number of aromatic nitrogens is 1. The Morgan fingerprint density at radius 2 is 2.03 bits per heavy atom. The molecule has 1 aromatic heterocycles. The van der Waals surface area contributed by atoms with Crippen LogP contribution in [0.25, 0.3) is 0 Å². The van der Waals surface area contributed by atoms with Crippen molar-refractivity contribution >= 4 is 18.0 Å². The van der Waals surface area contributed by atoms with E-state index in [9.17, 15) is 28.0 Å². The number of carbonyl (C=O) groups excluding carboxylic acids is 3. The molecule has 0 aliphatic carbocycles. The largest absolute Gasteiger partial charge is 0.510 e. The van der Waals surface area contributed by atoms with Crippen molar-refractivity contribution in [1.29, 1.82) is 0 Å². The van der Waals surface area contributed by atoms with Gasteiger partial charge in [-0.2, -0.15) is 0 Å².